The van der Waals surface area contributed by atoms with Gasteiger partial charge >= 0.3 is 6.03 Å². The lowest BCUT2D eigenvalue weighted by Crippen LogP contribution is -2.25. The van der Waals surface area contributed by atoms with Crippen molar-refractivity contribution in [3.63, 3.8) is 0 Å². The molecule has 138 valence electrons. The third kappa shape index (κ3) is 4.48. The number of hydrogen-bond donors (Lipinski definition) is 4. The average molecular weight is 377 g/mol. The van der Waals surface area contributed by atoms with Crippen molar-refractivity contribution in [3.8, 4) is 0 Å². The Bertz CT molecular complexity index is 943. The van der Waals surface area contributed by atoms with E-state index in [1.54, 1.807) is 18.2 Å². The molecule has 9 nitrogen and oxygen atoms in total. The van der Waals surface area contributed by atoms with Gasteiger partial charge in [0.15, 0.2) is 9.84 Å². The first-order chi connectivity index (χ1) is 12.3. The maximum absolute atomic E-state index is 12.1. The number of benzene rings is 1. The number of hydrogen-bond acceptors (Lipinski definition) is 6. The fraction of sp³-hybridized carbons (Fsp3) is 0.188. The zero-order chi connectivity index (χ0) is 19.3. The van der Waals surface area contributed by atoms with Gasteiger partial charge in [-0.3, -0.25) is 10.1 Å². The van der Waals surface area contributed by atoms with Crippen molar-refractivity contribution in [2.24, 2.45) is 0 Å². The molecule has 0 aliphatic heterocycles. The first-order valence-corrected chi connectivity index (χ1v) is 9.42. The zero-order valence-corrected chi connectivity index (χ0v) is 15.3. The Kier molecular flexibility index (Phi) is 5.78. The number of pyridine rings is 1. The predicted octanol–water partition coefficient (Wildman–Crippen LogP) is 1.34. The molecule has 0 fully saturated rings. The summed E-state index contributed by atoms with van der Waals surface area (Å²) in [6.45, 7) is 0. The van der Waals surface area contributed by atoms with Crippen LogP contribution in [0.1, 0.15) is 10.4 Å². The monoisotopic (exact) mass is 377 g/mol. The second kappa shape index (κ2) is 7.83. The van der Waals surface area contributed by atoms with E-state index in [2.05, 4.69) is 26.3 Å². The van der Waals surface area contributed by atoms with Crippen LogP contribution in [0, 0.1) is 0 Å². The quantitative estimate of drug-likeness (QED) is 0.622. The maximum atomic E-state index is 12.1. The third-order valence-electron chi connectivity index (χ3n) is 3.40. The van der Waals surface area contributed by atoms with E-state index < -0.39 is 21.8 Å². The summed E-state index contributed by atoms with van der Waals surface area (Å²) < 4.78 is 23.9. The lowest BCUT2D eigenvalue weighted by molar-refractivity contribution is 0.0963. The number of carbonyl (C=O) groups excluding carboxylic acids is 2. The molecule has 0 saturated heterocycles. The first-order valence-electron chi connectivity index (χ1n) is 7.53. The molecule has 3 amide bonds. The van der Waals surface area contributed by atoms with E-state index in [0.29, 0.717) is 11.4 Å². The Hall–Kier alpha value is -3.14. The number of aromatic nitrogens is 1. The van der Waals surface area contributed by atoms with Gasteiger partial charge in [0.1, 0.15) is 5.82 Å². The highest BCUT2D eigenvalue weighted by Gasteiger charge is 2.17. The number of sulfone groups is 1. The number of urea groups is 1. The summed E-state index contributed by atoms with van der Waals surface area (Å²) >= 11 is 0. The summed E-state index contributed by atoms with van der Waals surface area (Å²) in [5, 5.41) is 10.3. The Labute approximate surface area is 151 Å². The smallest absolute Gasteiger partial charge is 0.320 e. The lowest BCUT2D eigenvalue weighted by Gasteiger charge is -2.15. The molecule has 0 unspecified atom stereocenters. The van der Waals surface area contributed by atoms with Crippen molar-refractivity contribution < 1.29 is 18.0 Å². The third-order valence-corrected chi connectivity index (χ3v) is 4.56. The number of carbonyl (C=O) groups is 2. The molecule has 1 heterocycles. The molecule has 0 aliphatic carbocycles. The summed E-state index contributed by atoms with van der Waals surface area (Å²) in [4.78, 5) is 27.7. The molecule has 0 spiro atoms. The molecule has 0 saturated carbocycles. The minimum absolute atomic E-state index is 0.0838. The van der Waals surface area contributed by atoms with E-state index in [9.17, 15) is 18.0 Å². The number of nitrogens with one attached hydrogen (secondary N) is 4. The molecule has 2 rings (SSSR count). The van der Waals surface area contributed by atoms with E-state index >= 15 is 0 Å². The largest absolute Gasteiger partial charge is 0.355 e. The van der Waals surface area contributed by atoms with Crippen LogP contribution in [0.2, 0.25) is 0 Å². The molecule has 0 atom stereocenters. The Balaban J connectivity index is 2.51. The Morgan fingerprint density at radius 1 is 1.04 bits per heavy atom. The van der Waals surface area contributed by atoms with Gasteiger partial charge in [-0.15, -0.1) is 0 Å². The van der Waals surface area contributed by atoms with Crippen molar-refractivity contribution in [2.75, 3.05) is 31.0 Å². The number of para-hydroxylation sites is 1. The molecule has 1 aromatic heterocycles. The van der Waals surface area contributed by atoms with Crippen molar-refractivity contribution >= 4 is 39.0 Å². The molecule has 26 heavy (non-hydrogen) atoms. The lowest BCUT2D eigenvalue weighted by atomic mass is 10.2. The second-order valence-electron chi connectivity index (χ2n) is 5.29. The van der Waals surface area contributed by atoms with Gasteiger partial charge in [0.05, 0.1) is 21.8 Å². The van der Waals surface area contributed by atoms with Gasteiger partial charge in [-0.05, 0) is 12.1 Å². The second-order valence-corrected chi connectivity index (χ2v) is 7.28. The summed E-state index contributed by atoms with van der Waals surface area (Å²) in [5.74, 6) is -0.223. The van der Waals surface area contributed by atoms with E-state index in [0.717, 1.165) is 6.26 Å². The highest BCUT2D eigenvalue weighted by atomic mass is 32.2. The molecule has 0 aliphatic rings. The van der Waals surface area contributed by atoms with Crippen molar-refractivity contribution in [1.29, 1.82) is 0 Å². The molecular weight excluding hydrogens is 358 g/mol. The number of amides is 3. The van der Waals surface area contributed by atoms with Crippen LogP contribution in [0.3, 0.4) is 0 Å². The molecule has 2 aromatic rings. The molecule has 1 aromatic carbocycles. The van der Waals surface area contributed by atoms with Gasteiger partial charge in [-0.1, -0.05) is 12.1 Å². The number of nitrogens with zero attached hydrogens (tertiary/aromatic N) is 1. The van der Waals surface area contributed by atoms with Gasteiger partial charge in [0.25, 0.3) is 5.91 Å². The van der Waals surface area contributed by atoms with E-state index in [1.807, 2.05) is 0 Å². The van der Waals surface area contributed by atoms with Gasteiger partial charge in [-0.2, -0.15) is 0 Å². The van der Waals surface area contributed by atoms with Crippen LogP contribution in [0.5, 0.6) is 0 Å². The van der Waals surface area contributed by atoms with Gasteiger partial charge in [0, 0.05) is 32.6 Å². The van der Waals surface area contributed by atoms with E-state index in [-0.39, 0.29) is 16.3 Å². The maximum Gasteiger partial charge on any atom is 0.320 e. The summed E-state index contributed by atoms with van der Waals surface area (Å²) in [6, 6.07) is 7.28. The minimum atomic E-state index is -3.48. The zero-order valence-electron chi connectivity index (χ0n) is 14.5. The van der Waals surface area contributed by atoms with E-state index in [4.69, 9.17) is 0 Å². The van der Waals surface area contributed by atoms with Crippen LogP contribution in [-0.4, -0.2) is 45.7 Å². The Morgan fingerprint density at radius 3 is 2.35 bits per heavy atom. The topological polar surface area (TPSA) is 129 Å². The van der Waals surface area contributed by atoms with Crippen molar-refractivity contribution in [2.45, 2.75) is 4.90 Å². The van der Waals surface area contributed by atoms with Crippen LogP contribution in [0.25, 0.3) is 0 Å². The highest BCUT2D eigenvalue weighted by Crippen LogP contribution is 2.28. The SMILES string of the molecule is CNC(=O)Nc1cc(Nc2ccccc2S(C)(=O)=O)c(C(=O)NC)cn1. The molecular formula is C16H19N5O4S. The first kappa shape index (κ1) is 19.2. The van der Waals surface area contributed by atoms with Crippen LogP contribution < -0.4 is 21.3 Å². The molecule has 10 heteroatoms. The van der Waals surface area contributed by atoms with E-state index in [1.165, 1.54) is 32.4 Å². The molecule has 0 bridgehead atoms. The fourth-order valence-electron chi connectivity index (χ4n) is 2.16. The standard InChI is InChI=1S/C16H19N5O4S/c1-17-15(22)10-9-19-14(21-16(23)18-2)8-12(10)20-11-6-4-5-7-13(11)26(3,24)25/h4-9H,1-3H3,(H,17,22)(H3,18,19,20,21,23). The van der Waals surface area contributed by atoms with Crippen LogP contribution in [0.4, 0.5) is 22.0 Å². The minimum Gasteiger partial charge on any atom is -0.355 e. The Morgan fingerprint density at radius 2 is 1.73 bits per heavy atom. The molecule has 4 N–H and O–H groups in total. The normalized spacial score (nSPS) is 10.7. The average Bonchev–Trinajstić information content (AvgIpc) is 2.60. The van der Waals surface area contributed by atoms with Gasteiger partial charge in [0.2, 0.25) is 0 Å². The summed E-state index contributed by atoms with van der Waals surface area (Å²) in [5.41, 5.74) is 0.789. The van der Waals surface area contributed by atoms with Crippen LogP contribution >= 0.6 is 0 Å². The van der Waals surface area contributed by atoms with Gasteiger partial charge in [-0.25, -0.2) is 18.2 Å². The van der Waals surface area contributed by atoms with Crippen LogP contribution in [-0.2, 0) is 9.84 Å². The number of rotatable bonds is 5. The van der Waals surface area contributed by atoms with Crippen molar-refractivity contribution in [1.82, 2.24) is 15.6 Å². The van der Waals surface area contributed by atoms with Gasteiger partial charge < -0.3 is 16.0 Å². The van der Waals surface area contributed by atoms with Crippen molar-refractivity contribution in [3.05, 3.63) is 42.1 Å². The predicted molar refractivity (Wildman–Crippen MR) is 98.5 cm³/mol. The molecule has 0 radical (unpaired) electrons. The summed E-state index contributed by atoms with van der Waals surface area (Å²) in [6.07, 6.45) is 2.38. The summed E-state index contributed by atoms with van der Waals surface area (Å²) in [7, 11) is -0.564. The van der Waals surface area contributed by atoms with Crippen LogP contribution in [0.15, 0.2) is 41.4 Å². The highest BCUT2D eigenvalue weighted by molar-refractivity contribution is 7.90. The number of anilines is 3. The fourth-order valence-corrected chi connectivity index (χ4v) is 3.00.